The first kappa shape index (κ1) is 15.1. The number of carboxylic acid groups (broad SMARTS) is 1. The molecule has 0 heterocycles. The monoisotopic (exact) mass is 282 g/mol. The molecule has 0 saturated heterocycles. The van der Waals surface area contributed by atoms with Crippen molar-refractivity contribution in [3.8, 4) is 0 Å². The molecule has 0 aromatic carbocycles. The normalized spacial score (nSPS) is 19.8. The van der Waals surface area contributed by atoms with E-state index in [4.69, 9.17) is 0 Å². The highest BCUT2D eigenvalue weighted by molar-refractivity contribution is 5.82. The van der Waals surface area contributed by atoms with Crippen molar-refractivity contribution >= 4 is 12.0 Å². The summed E-state index contributed by atoms with van der Waals surface area (Å²) in [5.74, 6) is 0.572. The molecule has 114 valence electrons. The van der Waals surface area contributed by atoms with Crippen LogP contribution >= 0.6 is 0 Å². The highest BCUT2D eigenvalue weighted by atomic mass is 16.4. The molecule has 0 bridgehead atoms. The van der Waals surface area contributed by atoms with Gasteiger partial charge in [-0.25, -0.2) is 9.59 Å². The molecule has 1 atom stereocenters. The van der Waals surface area contributed by atoms with E-state index < -0.39 is 12.0 Å². The maximum Gasteiger partial charge on any atom is 0.326 e. The maximum absolute atomic E-state index is 12.3. The van der Waals surface area contributed by atoms with Crippen LogP contribution in [0.3, 0.4) is 0 Å². The Morgan fingerprint density at radius 3 is 2.00 bits per heavy atom. The van der Waals surface area contributed by atoms with Gasteiger partial charge in [0.1, 0.15) is 6.04 Å². The van der Waals surface area contributed by atoms with Crippen molar-refractivity contribution in [3.63, 3.8) is 0 Å². The number of carboxylic acids is 1. The molecule has 2 fully saturated rings. The van der Waals surface area contributed by atoms with E-state index in [1.807, 2.05) is 18.7 Å². The Kier molecular flexibility index (Phi) is 4.89. The number of rotatable bonds is 8. The van der Waals surface area contributed by atoms with Gasteiger partial charge in [0.25, 0.3) is 0 Å². The Balaban J connectivity index is 1.88. The molecule has 0 aromatic rings. The molecule has 0 aromatic heterocycles. The molecule has 2 rings (SSSR count). The van der Waals surface area contributed by atoms with Crippen molar-refractivity contribution in [2.45, 2.75) is 52.0 Å². The summed E-state index contributed by atoms with van der Waals surface area (Å²) in [5.41, 5.74) is 0. The van der Waals surface area contributed by atoms with E-state index in [2.05, 4.69) is 5.32 Å². The Labute approximate surface area is 120 Å². The van der Waals surface area contributed by atoms with Crippen LogP contribution in [0.1, 0.15) is 46.0 Å². The Morgan fingerprint density at radius 2 is 1.65 bits per heavy atom. The minimum Gasteiger partial charge on any atom is -0.480 e. The fourth-order valence-corrected chi connectivity index (χ4v) is 2.40. The van der Waals surface area contributed by atoms with Gasteiger partial charge in [0.15, 0.2) is 0 Å². The van der Waals surface area contributed by atoms with Gasteiger partial charge in [-0.05, 0) is 49.9 Å². The first-order valence-electron chi connectivity index (χ1n) is 7.74. The van der Waals surface area contributed by atoms with Crippen molar-refractivity contribution in [1.29, 1.82) is 0 Å². The SMILES string of the molecule is CC(C)C[C@H](NC(=O)N(CC1CC1)CC1CC1)C(=O)O. The number of hydrogen-bond acceptors (Lipinski definition) is 2. The molecule has 2 N–H and O–H groups in total. The molecule has 0 unspecified atom stereocenters. The van der Waals surface area contributed by atoms with E-state index in [9.17, 15) is 14.7 Å². The average Bonchev–Trinajstić information content (AvgIpc) is 3.21. The van der Waals surface area contributed by atoms with Crippen molar-refractivity contribution in [2.24, 2.45) is 17.8 Å². The third-order valence-corrected chi connectivity index (χ3v) is 3.94. The molecule has 2 aliphatic rings. The molecule has 2 amide bonds. The van der Waals surface area contributed by atoms with Crippen LogP contribution in [0.5, 0.6) is 0 Å². The topological polar surface area (TPSA) is 69.6 Å². The van der Waals surface area contributed by atoms with Crippen molar-refractivity contribution in [3.05, 3.63) is 0 Å². The van der Waals surface area contributed by atoms with Crippen molar-refractivity contribution in [2.75, 3.05) is 13.1 Å². The lowest BCUT2D eigenvalue weighted by atomic mass is 10.0. The summed E-state index contributed by atoms with van der Waals surface area (Å²) < 4.78 is 0. The van der Waals surface area contributed by atoms with Crippen LogP contribution in [0.25, 0.3) is 0 Å². The second-order valence-corrected chi connectivity index (χ2v) is 6.76. The molecular formula is C15H26N2O3. The molecule has 0 aliphatic heterocycles. The van der Waals surface area contributed by atoms with Crippen LogP contribution in [0.2, 0.25) is 0 Å². The lowest BCUT2D eigenvalue weighted by molar-refractivity contribution is -0.139. The van der Waals surface area contributed by atoms with E-state index in [0.717, 1.165) is 13.1 Å². The molecule has 20 heavy (non-hydrogen) atoms. The molecule has 5 heteroatoms. The van der Waals surface area contributed by atoms with E-state index >= 15 is 0 Å². The van der Waals surface area contributed by atoms with E-state index in [1.165, 1.54) is 25.7 Å². The number of urea groups is 1. The lowest BCUT2D eigenvalue weighted by Gasteiger charge is -2.26. The van der Waals surface area contributed by atoms with Gasteiger partial charge in [0.2, 0.25) is 0 Å². The maximum atomic E-state index is 12.3. The number of nitrogens with zero attached hydrogens (tertiary/aromatic N) is 1. The number of carbonyl (C=O) groups excluding carboxylic acids is 1. The van der Waals surface area contributed by atoms with Crippen LogP contribution in [-0.4, -0.2) is 41.1 Å². The predicted molar refractivity (Wildman–Crippen MR) is 76.4 cm³/mol. The van der Waals surface area contributed by atoms with Gasteiger partial charge in [-0.2, -0.15) is 0 Å². The van der Waals surface area contributed by atoms with Crippen molar-refractivity contribution < 1.29 is 14.7 Å². The Bertz CT molecular complexity index is 348. The van der Waals surface area contributed by atoms with E-state index in [0.29, 0.717) is 18.3 Å². The Hall–Kier alpha value is -1.26. The summed E-state index contributed by atoms with van der Waals surface area (Å²) in [6, 6.07) is -0.972. The zero-order valence-corrected chi connectivity index (χ0v) is 12.5. The van der Waals surface area contributed by atoms with Crippen LogP contribution in [0, 0.1) is 17.8 Å². The summed E-state index contributed by atoms with van der Waals surface area (Å²) in [4.78, 5) is 25.4. The van der Waals surface area contributed by atoms with Gasteiger partial charge in [-0.15, -0.1) is 0 Å². The number of amides is 2. The van der Waals surface area contributed by atoms with E-state index in [-0.39, 0.29) is 11.9 Å². The minimum atomic E-state index is -0.940. The largest absolute Gasteiger partial charge is 0.480 e. The highest BCUT2D eigenvalue weighted by Crippen LogP contribution is 2.33. The first-order valence-corrected chi connectivity index (χ1v) is 7.74. The summed E-state index contributed by atoms with van der Waals surface area (Å²) in [6.07, 6.45) is 5.26. The summed E-state index contributed by atoms with van der Waals surface area (Å²) >= 11 is 0. The zero-order valence-electron chi connectivity index (χ0n) is 12.5. The molecule has 5 nitrogen and oxygen atoms in total. The van der Waals surface area contributed by atoms with Gasteiger partial charge < -0.3 is 15.3 Å². The summed E-state index contributed by atoms with van der Waals surface area (Å²) in [5, 5.41) is 11.9. The van der Waals surface area contributed by atoms with Gasteiger partial charge >= 0.3 is 12.0 Å². The first-order chi connectivity index (χ1) is 9.45. The second kappa shape index (κ2) is 6.46. The third-order valence-electron chi connectivity index (χ3n) is 3.94. The smallest absolute Gasteiger partial charge is 0.326 e. The molecule has 2 saturated carbocycles. The summed E-state index contributed by atoms with van der Waals surface area (Å²) in [6.45, 7) is 5.51. The van der Waals surface area contributed by atoms with Crippen LogP contribution in [-0.2, 0) is 4.79 Å². The van der Waals surface area contributed by atoms with Gasteiger partial charge in [-0.1, -0.05) is 13.8 Å². The zero-order chi connectivity index (χ0) is 14.7. The predicted octanol–water partition coefficient (Wildman–Crippen LogP) is 2.32. The van der Waals surface area contributed by atoms with Crippen LogP contribution < -0.4 is 5.32 Å². The van der Waals surface area contributed by atoms with E-state index in [1.54, 1.807) is 0 Å². The lowest BCUT2D eigenvalue weighted by Crippen LogP contribution is -2.49. The summed E-state index contributed by atoms with van der Waals surface area (Å²) in [7, 11) is 0. The number of nitrogens with one attached hydrogen (secondary N) is 1. The second-order valence-electron chi connectivity index (χ2n) is 6.76. The number of carbonyl (C=O) groups is 2. The fraction of sp³-hybridized carbons (Fsp3) is 0.867. The van der Waals surface area contributed by atoms with Crippen LogP contribution in [0.15, 0.2) is 0 Å². The standard InChI is InChI=1S/C15H26N2O3/c1-10(2)7-13(14(18)19)16-15(20)17(8-11-3-4-11)9-12-5-6-12/h10-13H,3-9H2,1-2H3,(H,16,20)(H,18,19)/t13-/m0/s1. The number of hydrogen-bond donors (Lipinski definition) is 2. The van der Waals surface area contributed by atoms with Crippen molar-refractivity contribution in [1.82, 2.24) is 10.2 Å². The molecular weight excluding hydrogens is 256 g/mol. The highest BCUT2D eigenvalue weighted by Gasteiger charge is 2.33. The fourth-order valence-electron chi connectivity index (χ4n) is 2.40. The third kappa shape index (κ3) is 5.02. The molecule has 0 spiro atoms. The average molecular weight is 282 g/mol. The molecule has 2 aliphatic carbocycles. The number of aliphatic carboxylic acids is 1. The molecule has 0 radical (unpaired) electrons. The van der Waals surface area contributed by atoms with Gasteiger partial charge in [0.05, 0.1) is 0 Å². The van der Waals surface area contributed by atoms with Crippen LogP contribution in [0.4, 0.5) is 4.79 Å². The minimum absolute atomic E-state index is 0.197. The van der Waals surface area contributed by atoms with Gasteiger partial charge in [-0.3, -0.25) is 0 Å². The Morgan fingerprint density at radius 1 is 1.15 bits per heavy atom. The van der Waals surface area contributed by atoms with Gasteiger partial charge in [0, 0.05) is 13.1 Å². The quantitative estimate of drug-likeness (QED) is 0.718.